The van der Waals surface area contributed by atoms with E-state index in [1.807, 2.05) is 6.92 Å². The van der Waals surface area contributed by atoms with Crippen molar-refractivity contribution in [3.05, 3.63) is 0 Å². The third kappa shape index (κ3) is 2.74. The maximum Gasteiger partial charge on any atom is 0.201 e. The minimum Gasteiger partial charge on any atom is -0.331 e. The average molecular weight is 402 g/mol. The van der Waals surface area contributed by atoms with Gasteiger partial charge in [-0.2, -0.15) is 0 Å². The standard InChI is InChI=1S/C19H31NO6S/c1-12-4-5-15-13(2)16(20-8-10-27(21,22)11-9-20)23-17-19(15)14(12)6-7-18(3,24-17)25-26-19/h12-17H,4-11H2,1-3H3/t12-,13-,14+,15+,16?,17-,18+,19-/m1/s1. The van der Waals surface area contributed by atoms with Gasteiger partial charge < -0.3 is 9.47 Å². The molecule has 154 valence electrons. The summed E-state index contributed by atoms with van der Waals surface area (Å²) in [7, 11) is -2.92. The summed E-state index contributed by atoms with van der Waals surface area (Å²) < 4.78 is 36.7. The Bertz CT molecular complexity index is 701. The van der Waals surface area contributed by atoms with Crippen LogP contribution in [0.2, 0.25) is 0 Å². The molecule has 6 fully saturated rings. The third-order valence-corrected chi connectivity index (χ3v) is 9.47. The Morgan fingerprint density at radius 2 is 1.74 bits per heavy atom. The maximum atomic E-state index is 11.9. The molecule has 8 heteroatoms. The van der Waals surface area contributed by atoms with Crippen LogP contribution in [0.4, 0.5) is 0 Å². The topological polar surface area (TPSA) is 74.3 Å². The Morgan fingerprint density at radius 1 is 1.00 bits per heavy atom. The van der Waals surface area contributed by atoms with Crippen LogP contribution in [0.1, 0.15) is 46.5 Å². The Labute approximate surface area is 161 Å². The van der Waals surface area contributed by atoms with Crippen LogP contribution >= 0.6 is 0 Å². The van der Waals surface area contributed by atoms with Crippen molar-refractivity contribution in [1.82, 2.24) is 4.90 Å². The molecule has 5 aliphatic heterocycles. The van der Waals surface area contributed by atoms with E-state index in [2.05, 4.69) is 18.7 Å². The van der Waals surface area contributed by atoms with Crippen molar-refractivity contribution in [2.45, 2.75) is 70.4 Å². The zero-order valence-corrected chi connectivity index (χ0v) is 17.2. The van der Waals surface area contributed by atoms with Gasteiger partial charge in [0.05, 0.1) is 11.5 Å². The first kappa shape index (κ1) is 18.8. The average Bonchev–Trinajstić information content (AvgIpc) is 2.85. The predicted molar refractivity (Wildman–Crippen MR) is 97.1 cm³/mol. The molecule has 27 heavy (non-hydrogen) atoms. The number of fused-ring (bicyclic) bond motifs is 2. The molecule has 0 aromatic carbocycles. The van der Waals surface area contributed by atoms with Crippen molar-refractivity contribution < 1.29 is 27.7 Å². The predicted octanol–water partition coefficient (Wildman–Crippen LogP) is 1.92. The monoisotopic (exact) mass is 401 g/mol. The van der Waals surface area contributed by atoms with E-state index in [0.29, 0.717) is 24.9 Å². The molecule has 1 saturated carbocycles. The Balaban J connectivity index is 1.48. The Kier molecular flexibility index (Phi) is 4.25. The fourth-order valence-corrected chi connectivity index (χ4v) is 7.51. The van der Waals surface area contributed by atoms with E-state index in [-0.39, 0.29) is 29.6 Å². The zero-order valence-electron chi connectivity index (χ0n) is 16.4. The van der Waals surface area contributed by atoms with Gasteiger partial charge in [-0.05, 0) is 38.0 Å². The second kappa shape index (κ2) is 6.12. The van der Waals surface area contributed by atoms with Crippen molar-refractivity contribution in [3.8, 4) is 0 Å². The Hall–Kier alpha value is -0.250. The largest absolute Gasteiger partial charge is 0.331 e. The highest BCUT2D eigenvalue weighted by Gasteiger charge is 2.69. The summed E-state index contributed by atoms with van der Waals surface area (Å²) >= 11 is 0. The summed E-state index contributed by atoms with van der Waals surface area (Å²) in [5.41, 5.74) is -0.550. The normalized spacial score (nSPS) is 54.9. The number of hydrogen-bond acceptors (Lipinski definition) is 7. The van der Waals surface area contributed by atoms with Gasteiger partial charge >= 0.3 is 0 Å². The molecule has 8 atom stereocenters. The van der Waals surface area contributed by atoms with Crippen molar-refractivity contribution in [1.29, 1.82) is 0 Å². The first-order chi connectivity index (χ1) is 12.7. The van der Waals surface area contributed by atoms with Gasteiger partial charge in [-0.3, -0.25) is 4.90 Å². The molecule has 1 spiro atoms. The molecule has 0 aromatic heterocycles. The minimum atomic E-state index is -2.92. The van der Waals surface area contributed by atoms with E-state index in [0.717, 1.165) is 19.3 Å². The lowest BCUT2D eigenvalue weighted by Gasteiger charge is -2.61. The SMILES string of the molecule is C[C@@H]1CC[C@H]2[C@@H](C)C(N3CCS(=O)(=O)CC3)O[C@@H]3O[C@]4(C)CC[C@@H]1[C@]32OO4. The summed E-state index contributed by atoms with van der Waals surface area (Å²) in [4.78, 5) is 14.2. The Morgan fingerprint density at radius 3 is 2.48 bits per heavy atom. The van der Waals surface area contributed by atoms with Gasteiger partial charge in [0.25, 0.3) is 0 Å². The van der Waals surface area contributed by atoms with Crippen LogP contribution < -0.4 is 0 Å². The first-order valence-electron chi connectivity index (χ1n) is 10.4. The van der Waals surface area contributed by atoms with E-state index in [1.54, 1.807) is 0 Å². The second-order valence-electron chi connectivity index (χ2n) is 9.48. The summed E-state index contributed by atoms with van der Waals surface area (Å²) in [6.45, 7) is 7.51. The quantitative estimate of drug-likeness (QED) is 0.622. The van der Waals surface area contributed by atoms with Crippen LogP contribution in [-0.2, 0) is 29.1 Å². The highest BCUT2D eigenvalue weighted by molar-refractivity contribution is 7.91. The van der Waals surface area contributed by atoms with E-state index in [1.165, 1.54) is 6.42 Å². The van der Waals surface area contributed by atoms with E-state index in [4.69, 9.17) is 19.2 Å². The minimum absolute atomic E-state index is 0.137. The number of hydrogen-bond donors (Lipinski definition) is 0. The van der Waals surface area contributed by atoms with Gasteiger partial charge in [-0.15, -0.1) is 0 Å². The highest BCUT2D eigenvalue weighted by atomic mass is 32.2. The van der Waals surface area contributed by atoms with Crippen LogP contribution in [0.3, 0.4) is 0 Å². The molecule has 6 rings (SSSR count). The van der Waals surface area contributed by atoms with Crippen molar-refractivity contribution in [2.75, 3.05) is 24.6 Å². The van der Waals surface area contributed by atoms with Gasteiger partial charge in [0.2, 0.25) is 5.79 Å². The van der Waals surface area contributed by atoms with Crippen LogP contribution in [0.5, 0.6) is 0 Å². The highest BCUT2D eigenvalue weighted by Crippen LogP contribution is 2.60. The lowest BCUT2D eigenvalue weighted by atomic mass is 9.58. The molecule has 0 radical (unpaired) electrons. The van der Waals surface area contributed by atoms with Crippen LogP contribution in [0.25, 0.3) is 0 Å². The molecule has 0 aromatic rings. The van der Waals surface area contributed by atoms with E-state index in [9.17, 15) is 8.42 Å². The zero-order chi connectivity index (χ0) is 19.0. The molecule has 0 amide bonds. The summed E-state index contributed by atoms with van der Waals surface area (Å²) in [5.74, 6) is 1.05. The van der Waals surface area contributed by atoms with Crippen molar-refractivity contribution in [2.24, 2.45) is 23.7 Å². The van der Waals surface area contributed by atoms with Crippen LogP contribution in [0.15, 0.2) is 0 Å². The molecule has 1 aliphatic carbocycles. The lowest BCUT2D eigenvalue weighted by molar-refractivity contribution is -0.574. The lowest BCUT2D eigenvalue weighted by Crippen LogP contribution is -2.72. The van der Waals surface area contributed by atoms with Gasteiger partial charge in [0, 0.05) is 31.3 Å². The van der Waals surface area contributed by atoms with Gasteiger partial charge in [-0.1, -0.05) is 13.8 Å². The van der Waals surface area contributed by atoms with Crippen LogP contribution in [0, 0.1) is 23.7 Å². The fourth-order valence-electron chi connectivity index (χ4n) is 6.29. The number of sulfone groups is 1. The molecule has 2 bridgehead atoms. The molecule has 5 heterocycles. The first-order valence-corrected chi connectivity index (χ1v) is 12.2. The summed E-state index contributed by atoms with van der Waals surface area (Å²) in [6.07, 6.45) is 3.46. The number of ether oxygens (including phenoxy) is 2. The molecule has 5 saturated heterocycles. The molecular formula is C19H31NO6S. The molecule has 6 aliphatic rings. The molecule has 0 N–H and O–H groups in total. The summed E-state index contributed by atoms with van der Waals surface area (Å²) in [5, 5.41) is 0. The van der Waals surface area contributed by atoms with Gasteiger partial charge in [-0.25, -0.2) is 18.2 Å². The molecular weight excluding hydrogens is 370 g/mol. The van der Waals surface area contributed by atoms with Gasteiger partial charge in [0.15, 0.2) is 21.7 Å². The second-order valence-corrected chi connectivity index (χ2v) is 11.8. The smallest absolute Gasteiger partial charge is 0.201 e. The van der Waals surface area contributed by atoms with Crippen molar-refractivity contribution >= 4 is 9.84 Å². The van der Waals surface area contributed by atoms with Gasteiger partial charge in [0.1, 0.15) is 6.23 Å². The molecule has 7 nitrogen and oxygen atoms in total. The van der Waals surface area contributed by atoms with E-state index < -0.39 is 27.5 Å². The summed E-state index contributed by atoms with van der Waals surface area (Å²) in [6, 6.07) is 0. The number of nitrogens with zero attached hydrogens (tertiary/aromatic N) is 1. The fraction of sp³-hybridized carbons (Fsp3) is 1.00. The third-order valence-electron chi connectivity index (χ3n) is 7.86. The maximum absolute atomic E-state index is 11.9. The number of rotatable bonds is 1. The van der Waals surface area contributed by atoms with E-state index >= 15 is 0 Å². The molecule has 1 unspecified atom stereocenters. The van der Waals surface area contributed by atoms with Crippen LogP contribution in [-0.4, -0.2) is 61.8 Å². The van der Waals surface area contributed by atoms with Crippen molar-refractivity contribution in [3.63, 3.8) is 0 Å².